The fourth-order valence-electron chi connectivity index (χ4n) is 2.89. The summed E-state index contributed by atoms with van der Waals surface area (Å²) in [6, 6.07) is 15.3. The second-order valence-electron chi connectivity index (χ2n) is 6.68. The molecule has 26 heavy (non-hydrogen) atoms. The summed E-state index contributed by atoms with van der Waals surface area (Å²) in [5, 5.41) is 2.81. The molecule has 0 unspecified atom stereocenters. The van der Waals surface area contributed by atoms with Gasteiger partial charge in [-0.1, -0.05) is 62.7 Å². The minimum atomic E-state index is -0.366. The lowest BCUT2D eigenvalue weighted by Crippen LogP contribution is -2.27. The van der Waals surface area contributed by atoms with Crippen LogP contribution in [0.2, 0.25) is 0 Å². The molecule has 0 aliphatic carbocycles. The maximum Gasteiger partial charge on any atom is 0.314 e. The predicted octanol–water partition coefficient (Wildman–Crippen LogP) is 4.62. The molecule has 2 aromatic carbocycles. The SMILES string of the molecule is CC[C@H](C)[C@H](C(=O)OCC(=O)Nc1cccc(C)c1C)c1ccccc1. The van der Waals surface area contributed by atoms with Gasteiger partial charge in [0.05, 0.1) is 5.92 Å². The maximum atomic E-state index is 12.6. The van der Waals surface area contributed by atoms with Crippen LogP contribution in [0.5, 0.6) is 0 Å². The first-order valence-electron chi connectivity index (χ1n) is 9.01. The summed E-state index contributed by atoms with van der Waals surface area (Å²) < 4.78 is 5.33. The van der Waals surface area contributed by atoms with E-state index in [9.17, 15) is 9.59 Å². The van der Waals surface area contributed by atoms with Gasteiger partial charge in [0.15, 0.2) is 6.61 Å². The number of benzene rings is 2. The molecule has 4 heteroatoms. The van der Waals surface area contributed by atoms with Gasteiger partial charge in [0, 0.05) is 5.69 Å². The lowest BCUT2D eigenvalue weighted by Gasteiger charge is -2.21. The molecule has 0 spiro atoms. The van der Waals surface area contributed by atoms with Crippen molar-refractivity contribution in [3.63, 3.8) is 0 Å². The van der Waals surface area contributed by atoms with Crippen LogP contribution in [0.3, 0.4) is 0 Å². The molecule has 2 rings (SSSR count). The number of esters is 1. The standard InChI is InChI=1S/C22H27NO3/c1-5-15(2)21(18-11-7-6-8-12-18)22(25)26-14-20(24)23-19-13-9-10-16(3)17(19)4/h6-13,15,21H,5,14H2,1-4H3,(H,23,24)/t15-,21-/m0/s1. The molecule has 1 N–H and O–H groups in total. The summed E-state index contributed by atoms with van der Waals surface area (Å²) in [7, 11) is 0. The Labute approximate surface area is 155 Å². The van der Waals surface area contributed by atoms with Crippen molar-refractivity contribution in [2.45, 2.75) is 40.0 Å². The van der Waals surface area contributed by atoms with Gasteiger partial charge < -0.3 is 10.1 Å². The average molecular weight is 353 g/mol. The Morgan fingerprint density at radius 3 is 2.38 bits per heavy atom. The van der Waals surface area contributed by atoms with E-state index < -0.39 is 0 Å². The molecule has 138 valence electrons. The van der Waals surface area contributed by atoms with E-state index >= 15 is 0 Å². The van der Waals surface area contributed by atoms with Crippen LogP contribution in [0.25, 0.3) is 0 Å². The fraction of sp³-hybridized carbons (Fsp3) is 0.364. The number of aryl methyl sites for hydroxylation is 1. The van der Waals surface area contributed by atoms with E-state index in [-0.39, 0.29) is 30.3 Å². The molecule has 1 amide bonds. The zero-order valence-corrected chi connectivity index (χ0v) is 15.9. The Bertz CT molecular complexity index is 755. The molecular weight excluding hydrogens is 326 g/mol. The molecule has 2 aromatic rings. The van der Waals surface area contributed by atoms with Crippen LogP contribution in [-0.2, 0) is 14.3 Å². The van der Waals surface area contributed by atoms with Crippen LogP contribution >= 0.6 is 0 Å². The lowest BCUT2D eigenvalue weighted by atomic mass is 9.86. The molecule has 0 radical (unpaired) electrons. The summed E-state index contributed by atoms with van der Waals surface area (Å²) in [5.74, 6) is -0.925. The van der Waals surface area contributed by atoms with Crippen LogP contribution in [-0.4, -0.2) is 18.5 Å². The van der Waals surface area contributed by atoms with Crippen LogP contribution < -0.4 is 5.32 Å². The molecule has 0 aliphatic heterocycles. The van der Waals surface area contributed by atoms with Crippen LogP contribution in [0.4, 0.5) is 5.69 Å². The highest BCUT2D eigenvalue weighted by molar-refractivity contribution is 5.94. The normalized spacial score (nSPS) is 12.9. The van der Waals surface area contributed by atoms with Gasteiger partial charge in [0.25, 0.3) is 5.91 Å². The van der Waals surface area contributed by atoms with Crippen molar-refractivity contribution < 1.29 is 14.3 Å². The minimum absolute atomic E-state index is 0.131. The molecule has 2 atom stereocenters. The van der Waals surface area contributed by atoms with Crippen molar-refractivity contribution in [1.29, 1.82) is 0 Å². The number of carbonyl (C=O) groups is 2. The molecule has 0 bridgehead atoms. The first-order valence-corrected chi connectivity index (χ1v) is 9.01. The van der Waals surface area contributed by atoms with E-state index in [0.29, 0.717) is 0 Å². The monoisotopic (exact) mass is 353 g/mol. The third-order valence-corrected chi connectivity index (χ3v) is 4.85. The highest BCUT2D eigenvalue weighted by Gasteiger charge is 2.27. The molecule has 4 nitrogen and oxygen atoms in total. The van der Waals surface area contributed by atoms with Crippen molar-refractivity contribution in [3.05, 3.63) is 65.2 Å². The third kappa shape index (κ3) is 4.94. The third-order valence-electron chi connectivity index (χ3n) is 4.85. The van der Waals surface area contributed by atoms with E-state index in [1.54, 1.807) is 0 Å². The van der Waals surface area contributed by atoms with Crippen molar-refractivity contribution >= 4 is 17.6 Å². The average Bonchev–Trinajstić information content (AvgIpc) is 2.64. The van der Waals surface area contributed by atoms with Gasteiger partial charge in [-0.15, -0.1) is 0 Å². The Kier molecular flexibility index (Phi) is 6.96. The van der Waals surface area contributed by atoms with Crippen LogP contribution in [0.1, 0.15) is 42.9 Å². The Morgan fingerprint density at radius 1 is 1.04 bits per heavy atom. The van der Waals surface area contributed by atoms with Gasteiger partial charge in [0.1, 0.15) is 0 Å². The first kappa shape index (κ1) is 19.7. The van der Waals surface area contributed by atoms with Gasteiger partial charge in [-0.2, -0.15) is 0 Å². The molecule has 0 fully saturated rings. The summed E-state index contributed by atoms with van der Waals surface area (Å²) in [6.45, 7) is 7.72. The predicted molar refractivity (Wildman–Crippen MR) is 104 cm³/mol. The number of hydrogen-bond donors (Lipinski definition) is 1. The zero-order valence-electron chi connectivity index (χ0n) is 15.9. The van der Waals surface area contributed by atoms with Crippen LogP contribution in [0, 0.1) is 19.8 Å². The van der Waals surface area contributed by atoms with Gasteiger partial charge in [0.2, 0.25) is 0 Å². The van der Waals surface area contributed by atoms with Crippen LogP contribution in [0.15, 0.2) is 48.5 Å². The molecule has 0 saturated carbocycles. The molecule has 0 aromatic heterocycles. The Balaban J connectivity index is 2.01. The zero-order chi connectivity index (χ0) is 19.1. The number of rotatable bonds is 7. The van der Waals surface area contributed by atoms with Crippen molar-refractivity contribution in [2.75, 3.05) is 11.9 Å². The summed E-state index contributed by atoms with van der Waals surface area (Å²) in [6.07, 6.45) is 0.851. The number of amides is 1. The smallest absolute Gasteiger partial charge is 0.314 e. The van der Waals surface area contributed by atoms with E-state index in [0.717, 1.165) is 28.8 Å². The molecule has 0 heterocycles. The first-order chi connectivity index (χ1) is 12.4. The maximum absolute atomic E-state index is 12.6. The van der Waals surface area contributed by atoms with E-state index in [2.05, 4.69) is 5.32 Å². The topological polar surface area (TPSA) is 55.4 Å². The number of anilines is 1. The largest absolute Gasteiger partial charge is 0.455 e. The quantitative estimate of drug-likeness (QED) is 0.739. The van der Waals surface area contributed by atoms with Gasteiger partial charge in [-0.3, -0.25) is 9.59 Å². The van der Waals surface area contributed by atoms with Gasteiger partial charge in [-0.25, -0.2) is 0 Å². The van der Waals surface area contributed by atoms with E-state index in [1.165, 1.54) is 0 Å². The fourth-order valence-corrected chi connectivity index (χ4v) is 2.89. The highest BCUT2D eigenvalue weighted by Crippen LogP contribution is 2.28. The number of carbonyl (C=O) groups excluding carboxylic acids is 2. The summed E-state index contributed by atoms with van der Waals surface area (Å²) in [5.41, 5.74) is 3.77. The number of ether oxygens (including phenoxy) is 1. The van der Waals surface area contributed by atoms with E-state index in [4.69, 9.17) is 4.74 Å². The highest BCUT2D eigenvalue weighted by atomic mass is 16.5. The van der Waals surface area contributed by atoms with E-state index in [1.807, 2.05) is 76.2 Å². The van der Waals surface area contributed by atoms with Crippen molar-refractivity contribution in [2.24, 2.45) is 5.92 Å². The van der Waals surface area contributed by atoms with Gasteiger partial charge in [-0.05, 0) is 42.5 Å². The second-order valence-corrected chi connectivity index (χ2v) is 6.68. The summed E-state index contributed by atoms with van der Waals surface area (Å²) in [4.78, 5) is 24.8. The molecule has 0 saturated heterocycles. The Morgan fingerprint density at radius 2 is 1.73 bits per heavy atom. The minimum Gasteiger partial charge on any atom is -0.455 e. The van der Waals surface area contributed by atoms with Gasteiger partial charge >= 0.3 is 5.97 Å². The number of nitrogens with one attached hydrogen (secondary N) is 1. The lowest BCUT2D eigenvalue weighted by molar-refractivity contribution is -0.150. The molecular formula is C22H27NO3. The van der Waals surface area contributed by atoms with Crippen molar-refractivity contribution in [3.8, 4) is 0 Å². The number of hydrogen-bond acceptors (Lipinski definition) is 3. The second kappa shape index (κ2) is 9.18. The Hall–Kier alpha value is -2.62. The van der Waals surface area contributed by atoms with Crippen molar-refractivity contribution in [1.82, 2.24) is 0 Å². The summed E-state index contributed by atoms with van der Waals surface area (Å²) >= 11 is 0. The molecule has 0 aliphatic rings.